The zero-order valence-electron chi connectivity index (χ0n) is 17.8. The first-order valence-electron chi connectivity index (χ1n) is 9.77. The van der Waals surface area contributed by atoms with Crippen LogP contribution in [0.4, 0.5) is 0 Å². The van der Waals surface area contributed by atoms with Crippen LogP contribution in [0.3, 0.4) is 0 Å². The van der Waals surface area contributed by atoms with Gasteiger partial charge in [0, 0.05) is 24.3 Å². The zero-order valence-corrected chi connectivity index (χ0v) is 20.0. The van der Waals surface area contributed by atoms with Gasteiger partial charge in [0.15, 0.2) is 5.75 Å². The standard InChI is InChI=1S/C23H29Cl3O4/c1-15(11-24)12-30-22-20(25)9-17(10-21(22)26)23(2,3)16-5-7-19(8-6-16)29-14-18(27)13-28-4/h5-10,15,18,27H,11-14H2,1-4H3/t15-,18-/m0/s1. The molecule has 0 fully saturated rings. The molecule has 2 aromatic carbocycles. The molecule has 0 aliphatic rings. The minimum Gasteiger partial charge on any atom is -0.491 e. The summed E-state index contributed by atoms with van der Waals surface area (Å²) in [6.45, 7) is 7.06. The maximum Gasteiger partial charge on any atom is 0.156 e. The lowest BCUT2D eigenvalue weighted by molar-refractivity contribution is 0.0325. The lowest BCUT2D eigenvalue weighted by Gasteiger charge is -2.27. The van der Waals surface area contributed by atoms with Crippen LogP contribution >= 0.6 is 34.8 Å². The van der Waals surface area contributed by atoms with Gasteiger partial charge in [0.05, 0.1) is 23.3 Å². The first-order valence-corrected chi connectivity index (χ1v) is 11.1. The third kappa shape index (κ3) is 6.66. The van der Waals surface area contributed by atoms with Gasteiger partial charge in [0.2, 0.25) is 0 Å². The van der Waals surface area contributed by atoms with Gasteiger partial charge in [-0.15, -0.1) is 11.6 Å². The van der Waals surface area contributed by atoms with Crippen molar-refractivity contribution in [1.29, 1.82) is 0 Å². The fourth-order valence-electron chi connectivity index (χ4n) is 2.90. The largest absolute Gasteiger partial charge is 0.491 e. The summed E-state index contributed by atoms with van der Waals surface area (Å²) in [5.74, 6) is 1.86. The van der Waals surface area contributed by atoms with Gasteiger partial charge >= 0.3 is 0 Å². The van der Waals surface area contributed by atoms with Crippen LogP contribution in [-0.4, -0.2) is 44.0 Å². The number of alkyl halides is 1. The van der Waals surface area contributed by atoms with Crippen LogP contribution < -0.4 is 9.47 Å². The number of hydrogen-bond donors (Lipinski definition) is 1. The highest BCUT2D eigenvalue weighted by Gasteiger charge is 2.26. The topological polar surface area (TPSA) is 47.9 Å². The van der Waals surface area contributed by atoms with E-state index < -0.39 is 6.10 Å². The molecule has 0 saturated heterocycles. The second kappa shape index (κ2) is 11.4. The Morgan fingerprint density at radius 1 is 0.933 bits per heavy atom. The third-order valence-electron chi connectivity index (χ3n) is 4.87. The summed E-state index contributed by atoms with van der Waals surface area (Å²) in [5.41, 5.74) is 1.70. The summed E-state index contributed by atoms with van der Waals surface area (Å²) < 4.78 is 16.3. The Labute approximate surface area is 194 Å². The Morgan fingerprint density at radius 2 is 1.53 bits per heavy atom. The van der Waals surface area contributed by atoms with Crippen LogP contribution in [-0.2, 0) is 10.2 Å². The van der Waals surface area contributed by atoms with Crippen molar-refractivity contribution in [3.05, 3.63) is 57.6 Å². The molecule has 0 radical (unpaired) electrons. The molecule has 7 heteroatoms. The molecular weight excluding hydrogens is 447 g/mol. The van der Waals surface area contributed by atoms with Crippen molar-refractivity contribution in [2.45, 2.75) is 32.3 Å². The molecule has 0 spiro atoms. The number of rotatable bonds is 11. The molecule has 0 bridgehead atoms. The molecule has 2 aromatic rings. The van der Waals surface area contributed by atoms with E-state index in [1.54, 1.807) is 0 Å². The van der Waals surface area contributed by atoms with Crippen molar-refractivity contribution < 1.29 is 19.3 Å². The van der Waals surface area contributed by atoms with Gasteiger partial charge < -0.3 is 19.3 Å². The summed E-state index contributed by atoms with van der Waals surface area (Å²) in [6.07, 6.45) is -0.663. The van der Waals surface area contributed by atoms with E-state index in [4.69, 9.17) is 49.0 Å². The lowest BCUT2D eigenvalue weighted by Crippen LogP contribution is -2.22. The third-order valence-corrected chi connectivity index (χ3v) is 5.96. The number of ether oxygens (including phenoxy) is 3. The predicted octanol–water partition coefficient (Wildman–Crippen LogP) is 5.96. The van der Waals surface area contributed by atoms with E-state index in [1.165, 1.54) is 7.11 Å². The fraction of sp³-hybridized carbons (Fsp3) is 0.478. The highest BCUT2D eigenvalue weighted by molar-refractivity contribution is 6.37. The van der Waals surface area contributed by atoms with Gasteiger partial charge in [0.25, 0.3) is 0 Å². The molecule has 0 aliphatic heterocycles. The van der Waals surface area contributed by atoms with Crippen LogP contribution in [0.25, 0.3) is 0 Å². The quantitative estimate of drug-likeness (QED) is 0.407. The minimum absolute atomic E-state index is 0.172. The first kappa shape index (κ1) is 25.1. The molecule has 166 valence electrons. The van der Waals surface area contributed by atoms with Crippen molar-refractivity contribution in [1.82, 2.24) is 0 Å². The molecule has 2 rings (SSSR count). The highest BCUT2D eigenvalue weighted by atomic mass is 35.5. The molecule has 2 atom stereocenters. The van der Waals surface area contributed by atoms with Gasteiger partial charge in [0.1, 0.15) is 18.5 Å². The molecule has 30 heavy (non-hydrogen) atoms. The summed E-state index contributed by atoms with van der Waals surface area (Å²) in [5, 5.41) is 10.7. The van der Waals surface area contributed by atoms with Crippen molar-refractivity contribution in [3.63, 3.8) is 0 Å². The van der Waals surface area contributed by atoms with Crippen molar-refractivity contribution >= 4 is 34.8 Å². The second-order valence-electron chi connectivity index (χ2n) is 7.91. The maximum atomic E-state index is 9.71. The molecule has 4 nitrogen and oxygen atoms in total. The van der Waals surface area contributed by atoms with Gasteiger partial charge in [-0.05, 0) is 35.4 Å². The summed E-state index contributed by atoms with van der Waals surface area (Å²) >= 11 is 18.8. The Hall–Kier alpha value is -1.17. The highest BCUT2D eigenvalue weighted by Crippen LogP contribution is 2.40. The second-order valence-corrected chi connectivity index (χ2v) is 9.03. The van der Waals surface area contributed by atoms with E-state index in [9.17, 15) is 5.11 Å². The van der Waals surface area contributed by atoms with E-state index in [2.05, 4.69) is 13.8 Å². The molecule has 0 aromatic heterocycles. The lowest BCUT2D eigenvalue weighted by atomic mass is 9.78. The maximum absolute atomic E-state index is 9.71. The van der Waals surface area contributed by atoms with Crippen LogP contribution in [0.2, 0.25) is 10.0 Å². The molecular formula is C23H29Cl3O4. The number of benzene rings is 2. The van der Waals surface area contributed by atoms with E-state index in [1.807, 2.05) is 43.3 Å². The first-order chi connectivity index (χ1) is 14.2. The minimum atomic E-state index is -0.663. The number of hydrogen-bond acceptors (Lipinski definition) is 4. The normalized spacial score (nSPS) is 13.7. The molecule has 0 heterocycles. The summed E-state index contributed by atoms with van der Waals surface area (Å²) in [6, 6.07) is 11.5. The average molecular weight is 476 g/mol. The van der Waals surface area contributed by atoms with E-state index in [0.717, 1.165) is 11.1 Å². The Bertz CT molecular complexity index is 786. The molecule has 0 unspecified atom stereocenters. The van der Waals surface area contributed by atoms with E-state index in [-0.39, 0.29) is 24.5 Å². The molecule has 0 saturated carbocycles. The smallest absolute Gasteiger partial charge is 0.156 e. The molecule has 1 N–H and O–H groups in total. The van der Waals surface area contributed by atoms with Crippen molar-refractivity contribution in [3.8, 4) is 11.5 Å². The van der Waals surface area contributed by atoms with Crippen LogP contribution in [0, 0.1) is 5.92 Å². The monoisotopic (exact) mass is 474 g/mol. The summed E-state index contributed by atoms with van der Waals surface area (Å²) in [7, 11) is 1.54. The Morgan fingerprint density at radius 3 is 2.07 bits per heavy atom. The van der Waals surface area contributed by atoms with Gasteiger partial charge in [-0.1, -0.05) is 56.1 Å². The van der Waals surface area contributed by atoms with Gasteiger partial charge in [-0.3, -0.25) is 0 Å². The Kier molecular flexibility index (Phi) is 9.58. The summed E-state index contributed by atoms with van der Waals surface area (Å²) in [4.78, 5) is 0. The SMILES string of the molecule is COC[C@H](O)COc1ccc(C(C)(C)c2cc(Cl)c(OC[C@@H](C)CCl)c(Cl)c2)cc1. The van der Waals surface area contributed by atoms with Crippen LogP contribution in [0.5, 0.6) is 11.5 Å². The van der Waals surface area contributed by atoms with Gasteiger partial charge in [-0.25, -0.2) is 0 Å². The number of halogens is 3. The number of aliphatic hydroxyl groups excluding tert-OH is 1. The van der Waals surface area contributed by atoms with E-state index >= 15 is 0 Å². The van der Waals surface area contributed by atoms with Gasteiger partial charge in [-0.2, -0.15) is 0 Å². The van der Waals surface area contributed by atoms with Crippen LogP contribution in [0.15, 0.2) is 36.4 Å². The molecule has 0 amide bonds. The fourth-order valence-corrected chi connectivity index (χ4v) is 3.58. The van der Waals surface area contributed by atoms with Crippen molar-refractivity contribution in [2.24, 2.45) is 5.92 Å². The van der Waals surface area contributed by atoms with E-state index in [0.29, 0.717) is 34.0 Å². The average Bonchev–Trinajstić information content (AvgIpc) is 2.71. The molecule has 0 aliphatic carbocycles. The van der Waals surface area contributed by atoms with Crippen molar-refractivity contribution in [2.75, 3.05) is 32.8 Å². The predicted molar refractivity (Wildman–Crippen MR) is 124 cm³/mol. The van der Waals surface area contributed by atoms with Crippen LogP contribution in [0.1, 0.15) is 31.9 Å². The number of aliphatic hydroxyl groups is 1. The Balaban J connectivity index is 2.16. The number of methoxy groups -OCH3 is 1. The zero-order chi connectivity index (χ0) is 22.3.